The molecule has 1 amide bonds. The SMILES string of the molecule is CCCCCCCCCCCCCCC/C=C/CC/C=C/C(O)C(COP(=O)(O)OCC[N+](C)(C)C)NC(=O)CCCCCCCCCCCCCCCCCCCCCCCC. The fourth-order valence-electron chi connectivity index (χ4n) is 8.12. The zero-order chi connectivity index (χ0) is 46.4. The molecule has 0 rings (SSSR count). The molecule has 0 heterocycles. The topological polar surface area (TPSA) is 105 Å². The summed E-state index contributed by atoms with van der Waals surface area (Å²) in [7, 11) is 1.57. The number of carbonyl (C=O) groups is 1. The van der Waals surface area contributed by atoms with E-state index in [9.17, 15) is 19.4 Å². The highest BCUT2D eigenvalue weighted by molar-refractivity contribution is 7.47. The lowest BCUT2D eigenvalue weighted by Crippen LogP contribution is -2.45. The first kappa shape index (κ1) is 62.0. The molecule has 0 aromatic carbocycles. The van der Waals surface area contributed by atoms with Crippen molar-refractivity contribution in [2.45, 2.75) is 276 Å². The minimum absolute atomic E-state index is 0.0587. The van der Waals surface area contributed by atoms with Gasteiger partial charge in [-0.1, -0.05) is 250 Å². The Hall–Kier alpha value is -1.02. The van der Waals surface area contributed by atoms with Gasteiger partial charge in [0, 0.05) is 6.42 Å². The first-order valence-electron chi connectivity index (χ1n) is 27.2. The number of rotatable bonds is 50. The third kappa shape index (κ3) is 48.7. The number of aliphatic hydroxyl groups is 1. The van der Waals surface area contributed by atoms with Gasteiger partial charge in [-0.15, -0.1) is 0 Å². The summed E-state index contributed by atoms with van der Waals surface area (Å²) >= 11 is 0. The van der Waals surface area contributed by atoms with Crippen molar-refractivity contribution in [3.8, 4) is 0 Å². The van der Waals surface area contributed by atoms with Crippen molar-refractivity contribution in [3.63, 3.8) is 0 Å². The van der Waals surface area contributed by atoms with Crippen LogP contribution in [0.15, 0.2) is 24.3 Å². The summed E-state index contributed by atoms with van der Waals surface area (Å²) in [5, 5.41) is 13.9. The Morgan fingerprint density at radius 2 is 0.873 bits per heavy atom. The van der Waals surface area contributed by atoms with Crippen LogP contribution in [-0.2, 0) is 18.4 Å². The van der Waals surface area contributed by atoms with Gasteiger partial charge in [-0.05, 0) is 32.1 Å². The molecule has 0 aliphatic rings. The molecule has 0 aliphatic heterocycles. The van der Waals surface area contributed by atoms with Crippen LogP contribution in [0.4, 0.5) is 0 Å². The second kappa shape index (κ2) is 46.1. The highest BCUT2D eigenvalue weighted by atomic mass is 31.2. The number of unbranched alkanes of at least 4 members (excludes halogenated alkanes) is 35. The highest BCUT2D eigenvalue weighted by Crippen LogP contribution is 2.43. The average molecular weight is 912 g/mol. The third-order valence-electron chi connectivity index (χ3n) is 12.4. The van der Waals surface area contributed by atoms with E-state index in [1.54, 1.807) is 6.08 Å². The summed E-state index contributed by atoms with van der Waals surface area (Å²) in [5.74, 6) is -0.181. The van der Waals surface area contributed by atoms with Crippen molar-refractivity contribution in [2.75, 3.05) is 40.9 Å². The van der Waals surface area contributed by atoms with E-state index in [1.807, 2.05) is 27.2 Å². The summed E-state index contributed by atoms with van der Waals surface area (Å²) in [6.07, 6.45) is 57.0. The molecule has 0 saturated carbocycles. The maximum absolute atomic E-state index is 12.9. The van der Waals surface area contributed by atoms with Gasteiger partial charge in [0.1, 0.15) is 13.2 Å². The molecule has 63 heavy (non-hydrogen) atoms. The van der Waals surface area contributed by atoms with Gasteiger partial charge < -0.3 is 19.8 Å². The number of carbonyl (C=O) groups excluding carboxylic acids is 1. The van der Waals surface area contributed by atoms with E-state index in [1.165, 1.54) is 205 Å². The van der Waals surface area contributed by atoms with Gasteiger partial charge in [0.05, 0.1) is 39.9 Å². The summed E-state index contributed by atoms with van der Waals surface area (Å²) in [6, 6.07) is -0.859. The average Bonchev–Trinajstić information content (AvgIpc) is 3.24. The number of aliphatic hydroxyl groups excluding tert-OH is 1. The second-order valence-electron chi connectivity index (χ2n) is 20.0. The summed E-state index contributed by atoms with van der Waals surface area (Å²) in [6.45, 7) is 4.83. The van der Waals surface area contributed by atoms with Crippen LogP contribution in [-0.4, -0.2) is 73.4 Å². The number of nitrogens with zero attached hydrogens (tertiary/aromatic N) is 1. The van der Waals surface area contributed by atoms with E-state index < -0.39 is 20.0 Å². The van der Waals surface area contributed by atoms with Gasteiger partial charge in [0.15, 0.2) is 0 Å². The van der Waals surface area contributed by atoms with Crippen LogP contribution in [0, 0.1) is 0 Å². The third-order valence-corrected chi connectivity index (χ3v) is 13.4. The van der Waals surface area contributed by atoms with Crippen LogP contribution >= 0.6 is 7.82 Å². The number of amides is 1. The molecule has 0 aromatic heterocycles. The van der Waals surface area contributed by atoms with E-state index in [4.69, 9.17) is 9.05 Å². The van der Waals surface area contributed by atoms with Gasteiger partial charge in [-0.2, -0.15) is 0 Å². The Morgan fingerprint density at radius 1 is 0.524 bits per heavy atom. The van der Waals surface area contributed by atoms with Gasteiger partial charge in [-0.3, -0.25) is 13.8 Å². The minimum Gasteiger partial charge on any atom is -0.387 e. The number of hydrogen-bond donors (Lipinski definition) is 3. The number of phosphoric ester groups is 1. The Kier molecular flexibility index (Phi) is 45.4. The van der Waals surface area contributed by atoms with E-state index >= 15 is 0 Å². The molecule has 0 aromatic rings. The first-order chi connectivity index (χ1) is 30.5. The van der Waals surface area contributed by atoms with Crippen molar-refractivity contribution < 1.29 is 32.9 Å². The van der Waals surface area contributed by atoms with Gasteiger partial charge >= 0.3 is 7.82 Å². The maximum Gasteiger partial charge on any atom is 0.472 e. The minimum atomic E-state index is -4.35. The lowest BCUT2D eigenvalue weighted by molar-refractivity contribution is -0.870. The Bertz CT molecular complexity index is 1080. The summed E-state index contributed by atoms with van der Waals surface area (Å²) in [4.78, 5) is 23.2. The Morgan fingerprint density at radius 3 is 1.27 bits per heavy atom. The zero-order valence-electron chi connectivity index (χ0n) is 42.6. The van der Waals surface area contributed by atoms with Crippen LogP contribution in [0.3, 0.4) is 0 Å². The number of nitrogens with one attached hydrogen (secondary N) is 1. The molecule has 3 N–H and O–H groups in total. The zero-order valence-corrected chi connectivity index (χ0v) is 43.5. The molecular formula is C54H108N2O6P+. The predicted molar refractivity (Wildman–Crippen MR) is 272 cm³/mol. The predicted octanol–water partition coefficient (Wildman–Crippen LogP) is 16.0. The van der Waals surface area contributed by atoms with Gasteiger partial charge in [-0.25, -0.2) is 4.57 Å². The summed E-state index contributed by atoms with van der Waals surface area (Å²) < 4.78 is 23.7. The van der Waals surface area contributed by atoms with Crippen LogP contribution in [0.2, 0.25) is 0 Å². The second-order valence-corrected chi connectivity index (χ2v) is 21.4. The molecule has 0 aliphatic carbocycles. The molecule has 0 saturated heterocycles. The molecule has 0 radical (unpaired) electrons. The Labute approximate surface area is 392 Å². The number of phosphoric acid groups is 1. The van der Waals surface area contributed by atoms with Crippen molar-refractivity contribution in [2.24, 2.45) is 0 Å². The largest absolute Gasteiger partial charge is 0.472 e. The standard InChI is InChI=1S/C54H107N2O6P/c1-6-8-10-12-14-16-18-20-22-24-26-27-28-30-32-34-36-38-40-42-44-46-48-54(58)55-52(51-62-63(59,60)61-50-49-56(3,4)5)53(57)47-45-43-41-39-37-35-33-31-29-25-23-21-19-17-15-13-11-9-7-2/h37,39,45,47,52-53,57H,6-36,38,40-44,46,48-51H2,1-5H3,(H-,55,58,59,60)/p+1/b39-37+,47-45+. The van der Waals surface area contributed by atoms with Crippen molar-refractivity contribution in [3.05, 3.63) is 24.3 Å². The number of hydrogen-bond acceptors (Lipinski definition) is 5. The van der Waals surface area contributed by atoms with Crippen LogP contribution < -0.4 is 5.32 Å². The molecule has 3 unspecified atom stereocenters. The fourth-order valence-corrected chi connectivity index (χ4v) is 8.85. The molecule has 374 valence electrons. The van der Waals surface area contributed by atoms with Crippen LogP contribution in [0.5, 0.6) is 0 Å². The van der Waals surface area contributed by atoms with Crippen LogP contribution in [0.25, 0.3) is 0 Å². The van der Waals surface area contributed by atoms with Gasteiger partial charge in [0.25, 0.3) is 0 Å². The van der Waals surface area contributed by atoms with Crippen molar-refractivity contribution in [1.29, 1.82) is 0 Å². The van der Waals surface area contributed by atoms with E-state index in [0.717, 1.165) is 38.5 Å². The van der Waals surface area contributed by atoms with E-state index in [-0.39, 0.29) is 19.1 Å². The molecular weight excluding hydrogens is 804 g/mol. The molecule has 0 fully saturated rings. The smallest absolute Gasteiger partial charge is 0.387 e. The summed E-state index contributed by atoms with van der Waals surface area (Å²) in [5.41, 5.74) is 0. The quantitative estimate of drug-likeness (QED) is 0.0243. The number of quaternary nitrogens is 1. The lowest BCUT2D eigenvalue weighted by Gasteiger charge is -2.25. The number of allylic oxidation sites excluding steroid dienone is 3. The van der Waals surface area contributed by atoms with Crippen molar-refractivity contribution >= 4 is 13.7 Å². The molecule has 8 nitrogen and oxygen atoms in total. The maximum atomic E-state index is 12.9. The first-order valence-corrected chi connectivity index (χ1v) is 28.7. The monoisotopic (exact) mass is 912 g/mol. The molecule has 0 spiro atoms. The highest BCUT2D eigenvalue weighted by Gasteiger charge is 2.27. The molecule has 3 atom stereocenters. The number of likely N-dealkylation sites (N-methyl/N-ethyl adjacent to an activating group) is 1. The van der Waals surface area contributed by atoms with Gasteiger partial charge in [0.2, 0.25) is 5.91 Å². The Balaban J connectivity index is 4.27. The lowest BCUT2D eigenvalue weighted by atomic mass is 10.0. The normalized spacial score (nSPS) is 14.2. The van der Waals surface area contributed by atoms with Crippen molar-refractivity contribution in [1.82, 2.24) is 5.32 Å². The van der Waals surface area contributed by atoms with E-state index in [0.29, 0.717) is 17.4 Å². The van der Waals surface area contributed by atoms with E-state index in [2.05, 4.69) is 31.3 Å². The molecule has 9 heteroatoms. The fraction of sp³-hybridized carbons (Fsp3) is 0.907. The molecule has 0 bridgehead atoms. The van der Waals surface area contributed by atoms with Crippen LogP contribution in [0.1, 0.15) is 264 Å².